The smallest absolute Gasteiger partial charge is 0.271 e. The number of carbonyl (C=O) groups excluding carboxylic acids is 2. The zero-order valence-corrected chi connectivity index (χ0v) is 23.9. The van der Waals surface area contributed by atoms with Crippen molar-refractivity contribution in [3.05, 3.63) is 58.1 Å². The van der Waals surface area contributed by atoms with E-state index < -0.39 is 33.4 Å². The highest BCUT2D eigenvalue weighted by Crippen LogP contribution is 2.34. The molecule has 13 heteroatoms. The van der Waals surface area contributed by atoms with Crippen LogP contribution in [0.1, 0.15) is 39.2 Å². The first kappa shape index (κ1) is 31.3. The number of methoxy groups -OCH3 is 2. The first-order chi connectivity index (χ1) is 18.4. The summed E-state index contributed by atoms with van der Waals surface area (Å²) in [5, 5.41) is 14.3. The van der Waals surface area contributed by atoms with Gasteiger partial charge in [-0.1, -0.05) is 26.0 Å². The number of anilines is 1. The van der Waals surface area contributed by atoms with Crippen LogP contribution in [-0.2, 0) is 26.2 Å². The number of non-ortho nitro benzene ring substituents is 1. The zero-order chi connectivity index (χ0) is 29.3. The van der Waals surface area contributed by atoms with Gasteiger partial charge >= 0.3 is 0 Å². The molecular formula is C26H36N4O8S. The number of hydrogen-bond acceptors (Lipinski definition) is 8. The minimum atomic E-state index is -4.11. The van der Waals surface area contributed by atoms with Crippen LogP contribution in [0.15, 0.2) is 42.5 Å². The normalized spacial score (nSPS) is 12.7. The Kier molecular flexibility index (Phi) is 11.1. The predicted octanol–water partition coefficient (Wildman–Crippen LogP) is 3.10. The van der Waals surface area contributed by atoms with Crippen LogP contribution in [-0.4, -0.2) is 69.2 Å². The van der Waals surface area contributed by atoms with Crippen molar-refractivity contribution >= 4 is 33.2 Å². The Morgan fingerprint density at radius 1 is 1.05 bits per heavy atom. The molecule has 0 spiro atoms. The highest BCUT2D eigenvalue weighted by atomic mass is 32.2. The quantitative estimate of drug-likeness (QED) is 0.272. The molecule has 214 valence electrons. The summed E-state index contributed by atoms with van der Waals surface area (Å²) in [6.45, 7) is 4.83. The van der Waals surface area contributed by atoms with E-state index >= 15 is 0 Å². The molecule has 2 aromatic rings. The van der Waals surface area contributed by atoms with Gasteiger partial charge in [0.25, 0.3) is 5.69 Å². The third kappa shape index (κ3) is 8.31. The molecule has 2 amide bonds. The Labute approximate surface area is 229 Å². The minimum absolute atomic E-state index is 0.0128. The zero-order valence-electron chi connectivity index (χ0n) is 23.0. The van der Waals surface area contributed by atoms with Gasteiger partial charge in [0.1, 0.15) is 29.8 Å². The second kappa shape index (κ2) is 13.8. The molecule has 0 aliphatic rings. The molecule has 2 unspecified atom stereocenters. The molecule has 0 heterocycles. The van der Waals surface area contributed by atoms with E-state index in [1.54, 1.807) is 31.2 Å². The number of nitro benzene ring substituents is 1. The molecule has 12 nitrogen and oxygen atoms in total. The molecule has 0 aromatic heterocycles. The number of amides is 2. The number of nitrogens with one attached hydrogen (secondary N) is 1. The van der Waals surface area contributed by atoms with Gasteiger partial charge in [-0.3, -0.25) is 24.0 Å². The lowest BCUT2D eigenvalue weighted by atomic mass is 10.1. The third-order valence-electron chi connectivity index (χ3n) is 6.22. The maximum atomic E-state index is 13.8. The maximum Gasteiger partial charge on any atom is 0.271 e. The minimum Gasteiger partial charge on any atom is -0.497 e. The Balaban J connectivity index is 2.55. The summed E-state index contributed by atoms with van der Waals surface area (Å²) in [5.74, 6) is -0.398. The Morgan fingerprint density at radius 2 is 1.69 bits per heavy atom. The van der Waals surface area contributed by atoms with Crippen LogP contribution in [0.5, 0.6) is 11.5 Å². The number of nitro groups is 1. The molecule has 0 radical (unpaired) electrons. The van der Waals surface area contributed by atoms with E-state index in [0.717, 1.165) is 16.6 Å². The number of rotatable bonds is 14. The predicted molar refractivity (Wildman–Crippen MR) is 147 cm³/mol. The summed E-state index contributed by atoms with van der Waals surface area (Å²) < 4.78 is 36.9. The van der Waals surface area contributed by atoms with Crippen molar-refractivity contribution in [1.29, 1.82) is 0 Å². The van der Waals surface area contributed by atoms with Crippen molar-refractivity contribution in [2.24, 2.45) is 0 Å². The topological polar surface area (TPSA) is 148 Å². The van der Waals surface area contributed by atoms with Gasteiger partial charge in [-0.2, -0.15) is 0 Å². The molecule has 1 N–H and O–H groups in total. The fourth-order valence-corrected chi connectivity index (χ4v) is 4.71. The largest absolute Gasteiger partial charge is 0.497 e. The lowest BCUT2D eigenvalue weighted by Crippen LogP contribution is -2.53. The van der Waals surface area contributed by atoms with Crippen LogP contribution in [0.25, 0.3) is 0 Å². The van der Waals surface area contributed by atoms with E-state index in [1.807, 2.05) is 13.8 Å². The van der Waals surface area contributed by atoms with Crippen LogP contribution in [0, 0.1) is 10.1 Å². The van der Waals surface area contributed by atoms with Gasteiger partial charge in [-0.25, -0.2) is 8.42 Å². The lowest BCUT2D eigenvalue weighted by molar-refractivity contribution is -0.384. The van der Waals surface area contributed by atoms with Crippen molar-refractivity contribution in [2.45, 2.75) is 52.2 Å². The maximum absolute atomic E-state index is 13.8. The molecule has 0 aliphatic heterocycles. The second-order valence-electron chi connectivity index (χ2n) is 8.99. The number of sulfonamides is 1. The molecule has 2 rings (SSSR count). The third-order valence-corrected chi connectivity index (χ3v) is 7.35. The molecule has 0 bridgehead atoms. The fraction of sp³-hybridized carbons (Fsp3) is 0.462. The van der Waals surface area contributed by atoms with Crippen LogP contribution >= 0.6 is 0 Å². The summed E-state index contributed by atoms with van der Waals surface area (Å²) in [4.78, 5) is 39.1. The van der Waals surface area contributed by atoms with Gasteiger partial charge in [0.05, 0.1) is 25.4 Å². The van der Waals surface area contributed by atoms with Crippen molar-refractivity contribution in [1.82, 2.24) is 10.2 Å². The van der Waals surface area contributed by atoms with Crippen LogP contribution in [0.4, 0.5) is 11.4 Å². The lowest BCUT2D eigenvalue weighted by Gasteiger charge is -2.33. The summed E-state index contributed by atoms with van der Waals surface area (Å²) in [7, 11) is -1.30. The number of nitrogens with zero attached hydrogens (tertiary/aromatic N) is 3. The SMILES string of the molecule is CCC(C)NC(=O)C(CC)N(Cc1ccc(OC)cc1)C(=O)CN(c1cc([N+](=O)[O-])ccc1OC)S(C)(=O)=O. The van der Waals surface area contributed by atoms with E-state index in [0.29, 0.717) is 17.7 Å². The average molecular weight is 565 g/mol. The molecule has 2 atom stereocenters. The van der Waals surface area contributed by atoms with E-state index in [9.17, 15) is 28.1 Å². The average Bonchev–Trinajstić information content (AvgIpc) is 2.90. The molecule has 0 saturated carbocycles. The van der Waals surface area contributed by atoms with Gasteiger partial charge in [-0.05, 0) is 43.5 Å². The van der Waals surface area contributed by atoms with Gasteiger partial charge in [0.15, 0.2) is 0 Å². The summed E-state index contributed by atoms with van der Waals surface area (Å²) in [6.07, 6.45) is 1.84. The van der Waals surface area contributed by atoms with Crippen LogP contribution in [0.3, 0.4) is 0 Å². The summed E-state index contributed by atoms with van der Waals surface area (Å²) in [6, 6.07) is 9.37. The summed E-state index contributed by atoms with van der Waals surface area (Å²) >= 11 is 0. The number of ether oxygens (including phenoxy) is 2. The molecule has 0 saturated heterocycles. The Morgan fingerprint density at radius 3 is 2.18 bits per heavy atom. The van der Waals surface area contributed by atoms with Gasteiger partial charge < -0.3 is 19.7 Å². The number of benzene rings is 2. The van der Waals surface area contributed by atoms with Crippen LogP contribution < -0.4 is 19.1 Å². The van der Waals surface area contributed by atoms with Crippen LogP contribution in [0.2, 0.25) is 0 Å². The standard InChI is InChI=1S/C26H36N4O8S/c1-7-18(3)27-26(32)22(8-2)28(16-19-9-12-21(37-4)13-10-19)25(31)17-29(39(6,35)36)23-15-20(30(33)34)11-14-24(23)38-5/h9-15,18,22H,7-8,16-17H2,1-6H3,(H,27,32). The van der Waals surface area contributed by atoms with E-state index in [2.05, 4.69) is 5.32 Å². The van der Waals surface area contributed by atoms with Crippen molar-refractivity contribution in [3.63, 3.8) is 0 Å². The van der Waals surface area contributed by atoms with Gasteiger partial charge in [0, 0.05) is 24.7 Å². The first-order valence-electron chi connectivity index (χ1n) is 12.4. The van der Waals surface area contributed by atoms with E-state index in [4.69, 9.17) is 9.47 Å². The Hall–Kier alpha value is -3.87. The highest BCUT2D eigenvalue weighted by molar-refractivity contribution is 7.92. The Bertz CT molecular complexity index is 1270. The van der Waals surface area contributed by atoms with Crippen molar-refractivity contribution < 1.29 is 32.4 Å². The molecule has 0 aliphatic carbocycles. The summed E-state index contributed by atoms with van der Waals surface area (Å²) in [5.41, 5.74) is 0.156. The van der Waals surface area contributed by atoms with Crippen molar-refractivity contribution in [3.8, 4) is 11.5 Å². The number of hydrogen-bond donors (Lipinski definition) is 1. The van der Waals surface area contributed by atoms with E-state index in [-0.39, 0.29) is 42.0 Å². The molecule has 39 heavy (non-hydrogen) atoms. The fourth-order valence-electron chi connectivity index (χ4n) is 3.87. The van der Waals surface area contributed by atoms with Crippen molar-refractivity contribution in [2.75, 3.05) is 31.3 Å². The molecule has 2 aromatic carbocycles. The van der Waals surface area contributed by atoms with Gasteiger partial charge in [-0.15, -0.1) is 0 Å². The van der Waals surface area contributed by atoms with E-state index in [1.165, 1.54) is 31.3 Å². The first-order valence-corrected chi connectivity index (χ1v) is 14.2. The molecular weight excluding hydrogens is 528 g/mol. The number of carbonyl (C=O) groups is 2. The molecule has 0 fully saturated rings. The monoisotopic (exact) mass is 564 g/mol. The second-order valence-corrected chi connectivity index (χ2v) is 10.9. The van der Waals surface area contributed by atoms with Gasteiger partial charge in [0.2, 0.25) is 21.8 Å². The highest BCUT2D eigenvalue weighted by Gasteiger charge is 2.33.